The highest BCUT2D eigenvalue weighted by molar-refractivity contribution is 7.89. The second-order valence-corrected chi connectivity index (χ2v) is 6.15. The molecule has 1 aromatic carbocycles. The number of nitrogens with zero attached hydrogens (tertiary/aromatic N) is 1. The average Bonchev–Trinajstić information content (AvgIpc) is 2.35. The molecule has 0 bridgehead atoms. The number of carbonyl (C=O) groups excluding carboxylic acids is 1. The Labute approximate surface area is 113 Å². The second kappa shape index (κ2) is 6.14. The van der Waals surface area contributed by atoms with Crippen molar-refractivity contribution < 1.29 is 13.2 Å². The Hall–Kier alpha value is -1.44. The van der Waals surface area contributed by atoms with Crippen molar-refractivity contribution in [3.8, 4) is 0 Å². The monoisotopic (exact) mass is 285 g/mol. The molecule has 6 nitrogen and oxygen atoms in total. The van der Waals surface area contributed by atoms with Crippen LogP contribution in [0.1, 0.15) is 11.1 Å². The van der Waals surface area contributed by atoms with Crippen LogP contribution in [0.2, 0.25) is 0 Å². The van der Waals surface area contributed by atoms with Crippen LogP contribution in [0.5, 0.6) is 0 Å². The normalized spacial score (nSPS) is 11.4. The first-order valence-corrected chi connectivity index (χ1v) is 7.25. The number of nitrogens with two attached hydrogens (primary N) is 1. The molecule has 0 fully saturated rings. The van der Waals surface area contributed by atoms with Crippen LogP contribution in [0.15, 0.2) is 23.1 Å². The van der Waals surface area contributed by atoms with Crippen LogP contribution in [0, 0.1) is 6.92 Å². The fourth-order valence-electron chi connectivity index (χ4n) is 1.53. The molecule has 0 aliphatic heterocycles. The Morgan fingerprint density at radius 1 is 1.37 bits per heavy atom. The van der Waals surface area contributed by atoms with Gasteiger partial charge in [0.05, 0.1) is 11.4 Å². The van der Waals surface area contributed by atoms with Gasteiger partial charge in [-0.2, -0.15) is 0 Å². The van der Waals surface area contributed by atoms with Crippen LogP contribution >= 0.6 is 0 Å². The first-order valence-electron chi connectivity index (χ1n) is 5.77. The summed E-state index contributed by atoms with van der Waals surface area (Å²) >= 11 is 0. The van der Waals surface area contributed by atoms with E-state index in [2.05, 4.69) is 4.72 Å². The van der Waals surface area contributed by atoms with E-state index < -0.39 is 10.0 Å². The van der Waals surface area contributed by atoms with E-state index in [-0.39, 0.29) is 17.3 Å². The second-order valence-electron chi connectivity index (χ2n) is 4.42. The molecule has 7 heteroatoms. The van der Waals surface area contributed by atoms with Gasteiger partial charge in [-0.1, -0.05) is 12.1 Å². The van der Waals surface area contributed by atoms with E-state index in [9.17, 15) is 13.2 Å². The molecular weight excluding hydrogens is 266 g/mol. The van der Waals surface area contributed by atoms with Gasteiger partial charge in [-0.25, -0.2) is 13.1 Å². The van der Waals surface area contributed by atoms with Crippen molar-refractivity contribution >= 4 is 15.9 Å². The SMILES string of the molecule is Cc1cc(CN)ccc1S(=O)(=O)NCC(=O)N(C)C. The van der Waals surface area contributed by atoms with Gasteiger partial charge in [0.2, 0.25) is 15.9 Å². The topological polar surface area (TPSA) is 92.5 Å². The van der Waals surface area contributed by atoms with Gasteiger partial charge >= 0.3 is 0 Å². The van der Waals surface area contributed by atoms with E-state index in [1.54, 1.807) is 33.2 Å². The van der Waals surface area contributed by atoms with Gasteiger partial charge in [0.25, 0.3) is 0 Å². The maximum atomic E-state index is 12.1. The third-order valence-electron chi connectivity index (χ3n) is 2.68. The Kier molecular flexibility index (Phi) is 5.04. The lowest BCUT2D eigenvalue weighted by Crippen LogP contribution is -2.36. The molecule has 0 spiro atoms. The molecule has 19 heavy (non-hydrogen) atoms. The molecule has 0 saturated carbocycles. The summed E-state index contributed by atoms with van der Waals surface area (Å²) < 4.78 is 26.4. The smallest absolute Gasteiger partial charge is 0.241 e. The minimum Gasteiger partial charge on any atom is -0.348 e. The molecule has 1 rings (SSSR count). The van der Waals surface area contributed by atoms with Crippen LogP contribution in [-0.4, -0.2) is 39.9 Å². The predicted molar refractivity (Wildman–Crippen MR) is 73.0 cm³/mol. The zero-order valence-corrected chi connectivity index (χ0v) is 12.1. The zero-order valence-electron chi connectivity index (χ0n) is 11.3. The lowest BCUT2D eigenvalue weighted by Gasteiger charge is -2.13. The number of likely N-dealkylation sites (N-methyl/N-ethyl adjacent to an activating group) is 1. The summed E-state index contributed by atoms with van der Waals surface area (Å²) in [6.07, 6.45) is 0. The molecule has 0 radical (unpaired) electrons. The molecule has 0 saturated heterocycles. The average molecular weight is 285 g/mol. The molecule has 1 amide bonds. The van der Waals surface area contributed by atoms with Gasteiger partial charge < -0.3 is 10.6 Å². The molecule has 0 aliphatic rings. The van der Waals surface area contributed by atoms with Crippen molar-refractivity contribution in [2.24, 2.45) is 5.73 Å². The van der Waals surface area contributed by atoms with Crippen molar-refractivity contribution in [3.05, 3.63) is 29.3 Å². The highest BCUT2D eigenvalue weighted by atomic mass is 32.2. The molecule has 106 valence electrons. The zero-order chi connectivity index (χ0) is 14.6. The van der Waals surface area contributed by atoms with Crippen LogP contribution in [0.3, 0.4) is 0 Å². The van der Waals surface area contributed by atoms with Crippen LogP contribution in [0.4, 0.5) is 0 Å². The summed E-state index contributed by atoms with van der Waals surface area (Å²) in [5, 5.41) is 0. The number of hydrogen-bond donors (Lipinski definition) is 2. The molecule has 0 heterocycles. The quantitative estimate of drug-likeness (QED) is 0.785. The van der Waals surface area contributed by atoms with Crippen LogP contribution < -0.4 is 10.5 Å². The Morgan fingerprint density at radius 3 is 2.47 bits per heavy atom. The van der Waals surface area contributed by atoms with Gasteiger partial charge in [0, 0.05) is 20.6 Å². The summed E-state index contributed by atoms with van der Waals surface area (Å²) in [6.45, 7) is 1.79. The number of amides is 1. The molecule has 0 aromatic heterocycles. The van der Waals surface area contributed by atoms with E-state index in [0.717, 1.165) is 5.56 Å². The van der Waals surface area contributed by atoms with Gasteiger partial charge in [-0.15, -0.1) is 0 Å². The molecule has 0 atom stereocenters. The standard InChI is InChI=1S/C12H19N3O3S/c1-9-6-10(7-13)4-5-11(9)19(17,18)14-8-12(16)15(2)3/h4-6,14H,7-8,13H2,1-3H3. The van der Waals surface area contributed by atoms with Crippen molar-refractivity contribution in [1.29, 1.82) is 0 Å². The van der Waals surface area contributed by atoms with Crippen LogP contribution in [0.25, 0.3) is 0 Å². The summed E-state index contributed by atoms with van der Waals surface area (Å²) in [7, 11) is -0.548. The number of hydrogen-bond acceptors (Lipinski definition) is 4. The van der Waals surface area contributed by atoms with Crippen molar-refractivity contribution in [3.63, 3.8) is 0 Å². The first-order chi connectivity index (χ1) is 8.77. The highest BCUT2D eigenvalue weighted by Crippen LogP contribution is 2.16. The lowest BCUT2D eigenvalue weighted by atomic mass is 10.1. The summed E-state index contributed by atoms with van der Waals surface area (Å²) in [6, 6.07) is 4.89. The fourth-order valence-corrected chi connectivity index (χ4v) is 2.73. The lowest BCUT2D eigenvalue weighted by molar-refractivity contribution is -0.127. The van der Waals surface area contributed by atoms with Crippen molar-refractivity contribution in [2.45, 2.75) is 18.4 Å². The maximum Gasteiger partial charge on any atom is 0.241 e. The van der Waals surface area contributed by atoms with Crippen molar-refractivity contribution in [2.75, 3.05) is 20.6 Å². The fraction of sp³-hybridized carbons (Fsp3) is 0.417. The number of aryl methyl sites for hydroxylation is 1. The largest absolute Gasteiger partial charge is 0.348 e. The van der Waals surface area contributed by atoms with Gasteiger partial charge in [-0.3, -0.25) is 4.79 Å². The number of carbonyl (C=O) groups is 1. The minimum atomic E-state index is -3.68. The van der Waals surface area contributed by atoms with Gasteiger partial charge in [0.15, 0.2) is 0 Å². The highest BCUT2D eigenvalue weighted by Gasteiger charge is 2.18. The van der Waals surface area contributed by atoms with Gasteiger partial charge in [0.1, 0.15) is 0 Å². The van der Waals surface area contributed by atoms with Gasteiger partial charge in [-0.05, 0) is 24.1 Å². The third-order valence-corrected chi connectivity index (χ3v) is 4.24. The Balaban J connectivity index is 2.92. The summed E-state index contributed by atoms with van der Waals surface area (Å²) in [5.41, 5.74) is 6.96. The third kappa shape index (κ3) is 4.02. The van der Waals surface area contributed by atoms with Crippen molar-refractivity contribution in [1.82, 2.24) is 9.62 Å². The van der Waals surface area contributed by atoms with E-state index >= 15 is 0 Å². The summed E-state index contributed by atoms with van der Waals surface area (Å²) in [5.74, 6) is -0.306. The number of nitrogens with one attached hydrogen (secondary N) is 1. The predicted octanol–water partition coefficient (Wildman–Crippen LogP) is -0.180. The van der Waals surface area contributed by atoms with E-state index in [1.165, 1.54) is 11.0 Å². The Morgan fingerprint density at radius 2 is 2.00 bits per heavy atom. The van der Waals surface area contributed by atoms with E-state index in [0.29, 0.717) is 12.1 Å². The maximum absolute atomic E-state index is 12.1. The van der Waals surface area contributed by atoms with E-state index in [4.69, 9.17) is 5.73 Å². The minimum absolute atomic E-state index is 0.163. The number of rotatable bonds is 5. The number of sulfonamides is 1. The Bertz CT molecular complexity index is 568. The van der Waals surface area contributed by atoms with Crippen LogP contribution in [-0.2, 0) is 21.4 Å². The first kappa shape index (κ1) is 15.6. The van der Waals surface area contributed by atoms with E-state index in [1.807, 2.05) is 0 Å². The number of benzene rings is 1. The molecule has 1 aromatic rings. The molecule has 0 unspecified atom stereocenters. The molecular formula is C12H19N3O3S. The molecule has 0 aliphatic carbocycles. The summed E-state index contributed by atoms with van der Waals surface area (Å²) in [4.78, 5) is 12.9. The molecule has 3 N–H and O–H groups in total.